The number of carbonyl (C=O) groups excluding carboxylic acids is 1. The van der Waals surface area contributed by atoms with Crippen LogP contribution in [-0.2, 0) is 0 Å². The maximum absolute atomic E-state index is 12.8. The lowest BCUT2D eigenvalue weighted by molar-refractivity contribution is 0.0723. The molecule has 2 aliphatic heterocycles. The number of ether oxygens (including phenoxy) is 1. The van der Waals surface area contributed by atoms with E-state index in [2.05, 4.69) is 30.5 Å². The average Bonchev–Trinajstić information content (AvgIpc) is 3.33. The number of likely N-dealkylation sites (tertiary alicyclic amines) is 1. The minimum atomic E-state index is 0.0331. The molecule has 3 aromatic rings. The Morgan fingerprint density at radius 3 is 2.66 bits per heavy atom. The van der Waals surface area contributed by atoms with Crippen LogP contribution in [0.2, 0.25) is 0 Å². The summed E-state index contributed by atoms with van der Waals surface area (Å²) in [6, 6.07) is 9.74. The van der Waals surface area contributed by atoms with Crippen molar-refractivity contribution >= 4 is 17.4 Å². The molecule has 2 aliphatic rings. The van der Waals surface area contributed by atoms with Gasteiger partial charge in [-0.15, -0.1) is 5.10 Å². The Kier molecular flexibility index (Phi) is 4.55. The molecule has 1 saturated heterocycles. The number of aromatic nitrogens is 5. The van der Waals surface area contributed by atoms with E-state index >= 15 is 0 Å². The minimum Gasteiger partial charge on any atom is -0.488 e. The van der Waals surface area contributed by atoms with Crippen LogP contribution in [0.15, 0.2) is 36.5 Å². The van der Waals surface area contributed by atoms with E-state index in [0.29, 0.717) is 30.3 Å². The Hall–Kier alpha value is -3.49. The second kappa shape index (κ2) is 7.50. The third kappa shape index (κ3) is 3.39. The standard InChI is InChI=1S/C20H21N7O2/c28-20(26-8-2-1-3-9-26)15-12-17-19(21-13-15)27(10-11-29-17)16-6-4-14(5-7-16)18-22-24-25-23-18/h4-7,12-13H,1-3,8-11H2,(H,22,23,24,25). The number of piperidine rings is 1. The van der Waals surface area contributed by atoms with Gasteiger partial charge in [-0.1, -0.05) is 0 Å². The van der Waals surface area contributed by atoms with Gasteiger partial charge in [0.1, 0.15) is 6.61 Å². The van der Waals surface area contributed by atoms with E-state index < -0.39 is 0 Å². The molecule has 0 atom stereocenters. The number of amides is 1. The number of hydrogen-bond donors (Lipinski definition) is 1. The molecule has 9 nitrogen and oxygen atoms in total. The van der Waals surface area contributed by atoms with Gasteiger partial charge in [0, 0.05) is 30.5 Å². The molecule has 4 heterocycles. The van der Waals surface area contributed by atoms with Crippen molar-refractivity contribution in [2.45, 2.75) is 19.3 Å². The number of fused-ring (bicyclic) bond motifs is 1. The summed E-state index contributed by atoms with van der Waals surface area (Å²) in [6.07, 6.45) is 4.98. The van der Waals surface area contributed by atoms with Gasteiger partial charge >= 0.3 is 0 Å². The predicted octanol–water partition coefficient (Wildman–Crippen LogP) is 2.42. The molecule has 9 heteroatoms. The van der Waals surface area contributed by atoms with Crippen LogP contribution in [0.1, 0.15) is 29.6 Å². The molecular formula is C20H21N7O2. The molecule has 29 heavy (non-hydrogen) atoms. The SMILES string of the molecule is O=C(c1cnc2c(c1)OCCN2c1ccc(-c2nnn[nH]2)cc1)N1CCCCC1. The highest BCUT2D eigenvalue weighted by atomic mass is 16.5. The summed E-state index contributed by atoms with van der Waals surface area (Å²) in [6.45, 7) is 2.85. The van der Waals surface area contributed by atoms with Crippen molar-refractivity contribution in [2.75, 3.05) is 31.1 Å². The third-order valence-electron chi connectivity index (χ3n) is 5.35. The van der Waals surface area contributed by atoms with E-state index in [1.165, 1.54) is 6.42 Å². The quantitative estimate of drug-likeness (QED) is 0.732. The van der Waals surface area contributed by atoms with Gasteiger partial charge in [0.15, 0.2) is 17.4 Å². The molecule has 0 aliphatic carbocycles. The van der Waals surface area contributed by atoms with Gasteiger partial charge in [-0.3, -0.25) is 4.79 Å². The number of carbonyl (C=O) groups is 1. The van der Waals surface area contributed by atoms with Gasteiger partial charge in [0.2, 0.25) is 0 Å². The zero-order valence-corrected chi connectivity index (χ0v) is 15.9. The Morgan fingerprint density at radius 1 is 1.07 bits per heavy atom. The normalized spacial score (nSPS) is 16.3. The lowest BCUT2D eigenvalue weighted by Gasteiger charge is -2.31. The van der Waals surface area contributed by atoms with E-state index in [0.717, 1.165) is 43.0 Å². The average molecular weight is 391 g/mol. The number of aromatic amines is 1. The van der Waals surface area contributed by atoms with E-state index in [9.17, 15) is 4.79 Å². The summed E-state index contributed by atoms with van der Waals surface area (Å²) < 4.78 is 5.83. The number of benzene rings is 1. The number of tetrazole rings is 1. The Balaban J connectivity index is 1.40. The topological polar surface area (TPSA) is 100 Å². The van der Waals surface area contributed by atoms with Crippen molar-refractivity contribution in [3.8, 4) is 17.1 Å². The molecule has 0 spiro atoms. The Morgan fingerprint density at radius 2 is 1.90 bits per heavy atom. The van der Waals surface area contributed by atoms with Crippen LogP contribution < -0.4 is 9.64 Å². The molecule has 1 amide bonds. The molecule has 148 valence electrons. The first-order chi connectivity index (χ1) is 14.3. The molecule has 1 fully saturated rings. The maximum Gasteiger partial charge on any atom is 0.255 e. The van der Waals surface area contributed by atoms with Crippen LogP contribution in [0.3, 0.4) is 0 Å². The number of anilines is 2. The molecule has 0 saturated carbocycles. The van der Waals surface area contributed by atoms with E-state index in [-0.39, 0.29) is 5.91 Å². The fourth-order valence-electron chi connectivity index (χ4n) is 3.83. The van der Waals surface area contributed by atoms with Gasteiger partial charge in [-0.05, 0) is 60.0 Å². The third-order valence-corrected chi connectivity index (χ3v) is 5.35. The van der Waals surface area contributed by atoms with Gasteiger partial charge in [-0.25, -0.2) is 10.1 Å². The van der Waals surface area contributed by atoms with Crippen LogP contribution >= 0.6 is 0 Å². The van der Waals surface area contributed by atoms with Gasteiger partial charge < -0.3 is 14.5 Å². The van der Waals surface area contributed by atoms with Gasteiger partial charge in [-0.2, -0.15) is 0 Å². The molecule has 0 unspecified atom stereocenters. The Bertz CT molecular complexity index is 998. The second-order valence-electron chi connectivity index (χ2n) is 7.20. The van der Waals surface area contributed by atoms with Gasteiger partial charge in [0.05, 0.1) is 12.1 Å². The number of nitrogens with one attached hydrogen (secondary N) is 1. The van der Waals surface area contributed by atoms with Crippen LogP contribution in [0.5, 0.6) is 5.75 Å². The number of nitrogens with zero attached hydrogens (tertiary/aromatic N) is 6. The molecule has 5 rings (SSSR count). The van der Waals surface area contributed by atoms with E-state index in [1.54, 1.807) is 6.20 Å². The van der Waals surface area contributed by atoms with Crippen molar-refractivity contribution in [3.05, 3.63) is 42.1 Å². The first kappa shape index (κ1) is 17.6. The molecule has 1 N–H and O–H groups in total. The van der Waals surface area contributed by atoms with E-state index in [1.807, 2.05) is 35.2 Å². The fourth-order valence-corrected chi connectivity index (χ4v) is 3.83. The highest BCUT2D eigenvalue weighted by Crippen LogP contribution is 2.36. The van der Waals surface area contributed by atoms with Crippen LogP contribution in [0.4, 0.5) is 11.5 Å². The van der Waals surface area contributed by atoms with Crippen molar-refractivity contribution < 1.29 is 9.53 Å². The smallest absolute Gasteiger partial charge is 0.255 e. The lowest BCUT2D eigenvalue weighted by Crippen LogP contribution is -2.36. The first-order valence-electron chi connectivity index (χ1n) is 9.83. The fraction of sp³-hybridized carbons (Fsp3) is 0.350. The predicted molar refractivity (Wildman–Crippen MR) is 106 cm³/mol. The molecular weight excluding hydrogens is 370 g/mol. The van der Waals surface area contributed by atoms with E-state index in [4.69, 9.17) is 4.74 Å². The highest BCUT2D eigenvalue weighted by Gasteiger charge is 2.25. The maximum atomic E-state index is 12.8. The summed E-state index contributed by atoms with van der Waals surface area (Å²) in [5.74, 6) is 2.02. The molecule has 0 radical (unpaired) electrons. The summed E-state index contributed by atoms with van der Waals surface area (Å²) in [5.41, 5.74) is 2.48. The Labute approximate surface area is 167 Å². The summed E-state index contributed by atoms with van der Waals surface area (Å²) >= 11 is 0. The van der Waals surface area contributed by atoms with Crippen molar-refractivity contribution in [1.82, 2.24) is 30.5 Å². The second-order valence-corrected chi connectivity index (χ2v) is 7.20. The van der Waals surface area contributed by atoms with Crippen molar-refractivity contribution in [3.63, 3.8) is 0 Å². The van der Waals surface area contributed by atoms with Crippen molar-refractivity contribution in [2.24, 2.45) is 0 Å². The zero-order valence-electron chi connectivity index (χ0n) is 15.9. The summed E-state index contributed by atoms with van der Waals surface area (Å²) in [5, 5.41) is 13.9. The number of rotatable bonds is 3. The van der Waals surface area contributed by atoms with Crippen LogP contribution in [-0.4, -0.2) is 62.7 Å². The molecule has 0 bridgehead atoms. The lowest BCUT2D eigenvalue weighted by atomic mass is 10.1. The highest BCUT2D eigenvalue weighted by molar-refractivity contribution is 5.95. The number of pyridine rings is 1. The van der Waals surface area contributed by atoms with Crippen LogP contribution in [0.25, 0.3) is 11.4 Å². The molecule has 1 aromatic carbocycles. The summed E-state index contributed by atoms with van der Waals surface area (Å²) in [4.78, 5) is 21.4. The first-order valence-corrected chi connectivity index (χ1v) is 9.83. The summed E-state index contributed by atoms with van der Waals surface area (Å²) in [7, 11) is 0. The number of H-pyrrole nitrogens is 1. The van der Waals surface area contributed by atoms with Crippen LogP contribution in [0, 0.1) is 0 Å². The van der Waals surface area contributed by atoms with Crippen molar-refractivity contribution in [1.29, 1.82) is 0 Å². The van der Waals surface area contributed by atoms with Gasteiger partial charge in [0.25, 0.3) is 5.91 Å². The number of hydrogen-bond acceptors (Lipinski definition) is 7. The monoisotopic (exact) mass is 391 g/mol. The minimum absolute atomic E-state index is 0.0331. The largest absolute Gasteiger partial charge is 0.488 e. The zero-order chi connectivity index (χ0) is 19.6. The molecule has 2 aromatic heterocycles.